The van der Waals surface area contributed by atoms with Crippen molar-refractivity contribution in [3.05, 3.63) is 58.0 Å². The first-order valence-electron chi connectivity index (χ1n) is 11.6. The second-order valence-electron chi connectivity index (χ2n) is 9.93. The van der Waals surface area contributed by atoms with Gasteiger partial charge in [-0.25, -0.2) is 0 Å². The molecule has 3 heterocycles. The van der Waals surface area contributed by atoms with Crippen molar-refractivity contribution < 1.29 is 4.65 Å². The van der Waals surface area contributed by atoms with Crippen LogP contribution in [-0.4, -0.2) is 44.9 Å². The summed E-state index contributed by atoms with van der Waals surface area (Å²) in [5.41, 5.74) is 4.13. The fourth-order valence-electron chi connectivity index (χ4n) is 5.82. The molecule has 3 aliphatic heterocycles. The fraction of sp³-hybridized carbons (Fsp3) is 0.520. The summed E-state index contributed by atoms with van der Waals surface area (Å²) >= 11 is 0. The number of allylic oxidation sites excluding steroid dienone is 3. The number of piperidine rings is 2. The van der Waals surface area contributed by atoms with Crippen molar-refractivity contribution in [2.24, 2.45) is 0 Å². The molecule has 5 rings (SSSR count). The second kappa shape index (κ2) is 7.26. The molecule has 0 bridgehead atoms. The predicted octanol–water partition coefficient (Wildman–Crippen LogP) is 4.89. The molecule has 0 N–H and O–H groups in total. The lowest BCUT2D eigenvalue weighted by atomic mass is 9.99. The van der Waals surface area contributed by atoms with Gasteiger partial charge < -0.3 is 14.8 Å². The van der Waals surface area contributed by atoms with Gasteiger partial charge in [0.05, 0.1) is 13.1 Å². The van der Waals surface area contributed by atoms with E-state index in [0.717, 1.165) is 25.9 Å². The topological polar surface area (TPSA) is 26.3 Å². The molecule has 0 aromatic heterocycles. The van der Waals surface area contributed by atoms with Crippen LogP contribution in [0.2, 0.25) is 13.1 Å². The summed E-state index contributed by atoms with van der Waals surface area (Å²) in [5, 5.41) is 16.5. The molecule has 1 atom stereocenters. The van der Waals surface area contributed by atoms with E-state index in [9.17, 15) is 5.21 Å². The van der Waals surface area contributed by atoms with Gasteiger partial charge in [-0.3, -0.25) is 0 Å². The Hall–Kier alpha value is -1.62. The highest BCUT2D eigenvalue weighted by Crippen LogP contribution is 2.37. The number of hydrogen-bond donors (Lipinski definition) is 0. The standard InChI is InChI=1S/C25H34N2OSi/c1-29(2)24-18-22(26-13-5-3-6-14-26)11-9-20(24)17-21-10-12-23(19-25(21)29)27(28)15-7-4-8-16-27/h9-12,17-19,23H,3-8,13-16H2,1-2H3. The third-order valence-electron chi connectivity index (χ3n) is 7.65. The van der Waals surface area contributed by atoms with Gasteiger partial charge in [-0.05, 0) is 90.4 Å². The van der Waals surface area contributed by atoms with Crippen molar-refractivity contribution in [2.75, 3.05) is 31.1 Å². The van der Waals surface area contributed by atoms with E-state index in [0.29, 0.717) is 0 Å². The van der Waals surface area contributed by atoms with Crippen molar-refractivity contribution in [1.29, 1.82) is 0 Å². The lowest BCUT2D eigenvalue weighted by Crippen LogP contribution is -2.54. The molecular formula is C25H34N2OSi. The van der Waals surface area contributed by atoms with E-state index >= 15 is 0 Å². The minimum absolute atomic E-state index is 0.000974. The first kappa shape index (κ1) is 19.3. The van der Waals surface area contributed by atoms with E-state index in [1.54, 1.807) is 5.19 Å². The number of nitrogens with zero attached hydrogens (tertiary/aromatic N) is 2. The molecule has 1 aromatic rings. The van der Waals surface area contributed by atoms with E-state index in [2.05, 4.69) is 60.5 Å². The largest absolute Gasteiger partial charge is 0.632 e. The summed E-state index contributed by atoms with van der Waals surface area (Å²) in [6, 6.07) is 7.14. The van der Waals surface area contributed by atoms with Crippen molar-refractivity contribution >= 4 is 25.0 Å². The Kier molecular flexibility index (Phi) is 4.84. The predicted molar refractivity (Wildman–Crippen MR) is 126 cm³/mol. The summed E-state index contributed by atoms with van der Waals surface area (Å²) in [6.07, 6.45) is 16.5. The Morgan fingerprint density at radius 3 is 2.48 bits per heavy atom. The number of benzene rings is 1. The van der Waals surface area contributed by atoms with E-state index in [1.807, 2.05) is 0 Å². The Balaban J connectivity index is 1.52. The normalized spacial score (nSPS) is 27.6. The van der Waals surface area contributed by atoms with Crippen LogP contribution >= 0.6 is 0 Å². The minimum atomic E-state index is -1.84. The minimum Gasteiger partial charge on any atom is -0.632 e. The van der Waals surface area contributed by atoms with E-state index < -0.39 is 8.07 Å². The van der Waals surface area contributed by atoms with E-state index in [4.69, 9.17) is 0 Å². The van der Waals surface area contributed by atoms with Gasteiger partial charge >= 0.3 is 0 Å². The quantitative estimate of drug-likeness (QED) is 0.397. The van der Waals surface area contributed by atoms with Crippen LogP contribution in [0.4, 0.5) is 5.69 Å². The summed E-state index contributed by atoms with van der Waals surface area (Å²) in [7, 11) is -1.84. The van der Waals surface area contributed by atoms with Gasteiger partial charge in [0.2, 0.25) is 0 Å². The maximum absolute atomic E-state index is 13.5. The number of hydrogen-bond acceptors (Lipinski definition) is 2. The smallest absolute Gasteiger partial charge is 0.127 e. The van der Waals surface area contributed by atoms with Gasteiger partial charge in [0, 0.05) is 18.8 Å². The molecule has 1 unspecified atom stereocenters. The SMILES string of the molecule is C[Si]1(C)C2=CC([N+]3([O-])CCCCC3)C=CC2=Cc2ccc(N3CCCCC3)cc21. The molecule has 29 heavy (non-hydrogen) atoms. The Labute approximate surface area is 176 Å². The monoisotopic (exact) mass is 406 g/mol. The van der Waals surface area contributed by atoms with E-state index in [-0.39, 0.29) is 10.7 Å². The van der Waals surface area contributed by atoms with Crippen LogP contribution in [0.1, 0.15) is 44.1 Å². The number of rotatable bonds is 2. The average molecular weight is 407 g/mol. The molecule has 2 fully saturated rings. The Morgan fingerprint density at radius 1 is 1.00 bits per heavy atom. The molecular weight excluding hydrogens is 372 g/mol. The number of fused-ring (bicyclic) bond motifs is 2. The highest BCUT2D eigenvalue weighted by Gasteiger charge is 2.39. The van der Waals surface area contributed by atoms with Crippen molar-refractivity contribution in [2.45, 2.75) is 57.7 Å². The molecule has 0 amide bonds. The van der Waals surface area contributed by atoms with Crippen molar-refractivity contribution in [3.63, 3.8) is 0 Å². The molecule has 0 radical (unpaired) electrons. The van der Waals surface area contributed by atoms with Gasteiger partial charge in [-0.1, -0.05) is 25.2 Å². The zero-order chi connectivity index (χ0) is 20.1. The van der Waals surface area contributed by atoms with Crippen LogP contribution in [0.3, 0.4) is 0 Å². The van der Waals surface area contributed by atoms with Gasteiger partial charge in [0.1, 0.15) is 14.1 Å². The van der Waals surface area contributed by atoms with E-state index in [1.165, 1.54) is 60.8 Å². The van der Waals surface area contributed by atoms with Crippen molar-refractivity contribution in [1.82, 2.24) is 0 Å². The number of anilines is 1. The summed E-state index contributed by atoms with van der Waals surface area (Å²) in [5.74, 6) is 0. The molecule has 2 saturated heterocycles. The number of hydroxylamine groups is 3. The van der Waals surface area contributed by atoms with Crippen LogP contribution in [-0.2, 0) is 0 Å². The maximum Gasteiger partial charge on any atom is 0.127 e. The number of quaternary nitrogens is 1. The molecule has 1 aliphatic carbocycles. The van der Waals surface area contributed by atoms with Gasteiger partial charge in [0.15, 0.2) is 0 Å². The molecule has 4 aliphatic rings. The van der Waals surface area contributed by atoms with Crippen molar-refractivity contribution in [3.8, 4) is 0 Å². The second-order valence-corrected chi connectivity index (χ2v) is 14.3. The van der Waals surface area contributed by atoms with Gasteiger partial charge in [-0.15, -0.1) is 0 Å². The summed E-state index contributed by atoms with van der Waals surface area (Å²) in [4.78, 5) is 2.57. The van der Waals surface area contributed by atoms with Gasteiger partial charge in [-0.2, -0.15) is 0 Å². The molecule has 4 heteroatoms. The van der Waals surface area contributed by atoms with Crippen LogP contribution in [0.25, 0.3) is 6.08 Å². The lowest BCUT2D eigenvalue weighted by Gasteiger charge is -2.50. The van der Waals surface area contributed by atoms with Crippen LogP contribution < -0.4 is 10.1 Å². The highest BCUT2D eigenvalue weighted by atomic mass is 28.3. The first-order chi connectivity index (χ1) is 14.0. The van der Waals surface area contributed by atoms with Crippen LogP contribution in [0.15, 0.2) is 47.2 Å². The Morgan fingerprint density at radius 2 is 1.72 bits per heavy atom. The third kappa shape index (κ3) is 3.35. The van der Waals surface area contributed by atoms with Crippen LogP contribution in [0, 0.1) is 5.21 Å². The molecule has 154 valence electrons. The highest BCUT2D eigenvalue weighted by molar-refractivity contribution is 6.97. The Bertz CT molecular complexity index is 886. The molecule has 3 nitrogen and oxygen atoms in total. The zero-order valence-electron chi connectivity index (χ0n) is 18.0. The maximum atomic E-state index is 13.5. The lowest BCUT2D eigenvalue weighted by molar-refractivity contribution is -0.897. The summed E-state index contributed by atoms with van der Waals surface area (Å²) < 4.78 is -0.0432. The van der Waals surface area contributed by atoms with Crippen LogP contribution in [0.5, 0.6) is 0 Å². The molecule has 1 aromatic carbocycles. The first-order valence-corrected chi connectivity index (χ1v) is 14.6. The zero-order valence-corrected chi connectivity index (χ0v) is 19.0. The third-order valence-corrected chi connectivity index (χ3v) is 11.2. The average Bonchev–Trinajstić information content (AvgIpc) is 2.75. The van der Waals surface area contributed by atoms with Gasteiger partial charge in [0.25, 0.3) is 0 Å². The molecule has 0 saturated carbocycles. The fourth-order valence-corrected chi connectivity index (χ4v) is 8.96. The molecule has 0 spiro atoms. The summed E-state index contributed by atoms with van der Waals surface area (Å²) in [6.45, 7) is 8.88. The number of likely N-dealkylation sites (tertiary alicyclic amines) is 1.